The first-order chi connectivity index (χ1) is 10.3. The second kappa shape index (κ2) is 7.64. The summed E-state index contributed by atoms with van der Waals surface area (Å²) in [6, 6.07) is 17.4. The van der Waals surface area contributed by atoms with E-state index in [2.05, 4.69) is 73.7 Å². The van der Waals surface area contributed by atoms with Crippen molar-refractivity contribution in [2.45, 2.75) is 33.6 Å². The van der Waals surface area contributed by atoms with Gasteiger partial charge in [0.2, 0.25) is 0 Å². The molecule has 0 aromatic heterocycles. The van der Waals surface area contributed by atoms with Crippen LogP contribution in [0, 0.1) is 6.92 Å². The summed E-state index contributed by atoms with van der Waals surface area (Å²) >= 11 is 0. The molecular formula is C21H24. The van der Waals surface area contributed by atoms with Crippen molar-refractivity contribution in [3.05, 3.63) is 77.9 Å². The van der Waals surface area contributed by atoms with Crippen LogP contribution in [0.4, 0.5) is 0 Å². The quantitative estimate of drug-likeness (QED) is 0.593. The van der Waals surface area contributed by atoms with Crippen molar-refractivity contribution >= 4 is 5.57 Å². The van der Waals surface area contributed by atoms with Gasteiger partial charge in [-0.15, -0.1) is 0 Å². The summed E-state index contributed by atoms with van der Waals surface area (Å²) in [6.07, 6.45) is 9.16. The molecule has 0 unspecified atom stereocenters. The molecule has 1 aliphatic carbocycles. The molecule has 0 radical (unpaired) electrons. The first-order valence-corrected chi connectivity index (χ1v) is 7.87. The lowest BCUT2D eigenvalue weighted by Crippen LogP contribution is -1.89. The Balaban J connectivity index is 0.000000774. The lowest BCUT2D eigenvalue weighted by atomic mass is 9.94. The predicted molar refractivity (Wildman–Crippen MR) is 94.3 cm³/mol. The minimum absolute atomic E-state index is 1.15. The molecule has 3 rings (SSSR count). The van der Waals surface area contributed by atoms with Crippen LogP contribution < -0.4 is 0 Å². The number of benzene rings is 2. The number of hydrogen-bond acceptors (Lipinski definition) is 0. The third-order valence-corrected chi connectivity index (χ3v) is 3.51. The topological polar surface area (TPSA) is 0 Å². The summed E-state index contributed by atoms with van der Waals surface area (Å²) in [6.45, 7) is 6.17. The molecule has 0 amide bonds. The number of rotatable bonds is 2. The van der Waals surface area contributed by atoms with Crippen molar-refractivity contribution in [2.75, 3.05) is 0 Å². The molecule has 0 bridgehead atoms. The summed E-state index contributed by atoms with van der Waals surface area (Å²) in [5.41, 5.74) is 6.58. The van der Waals surface area contributed by atoms with Gasteiger partial charge in [-0.05, 0) is 53.7 Å². The van der Waals surface area contributed by atoms with Gasteiger partial charge >= 0.3 is 0 Å². The third kappa shape index (κ3) is 3.95. The molecule has 2 aromatic rings. The highest BCUT2D eigenvalue weighted by Gasteiger charge is 2.05. The normalized spacial score (nSPS) is 13.2. The van der Waals surface area contributed by atoms with E-state index in [0.29, 0.717) is 0 Å². The van der Waals surface area contributed by atoms with E-state index in [1.165, 1.54) is 34.2 Å². The minimum atomic E-state index is 1.15. The first kappa shape index (κ1) is 15.3. The van der Waals surface area contributed by atoms with E-state index in [1.807, 2.05) is 13.8 Å². The standard InChI is InChI=1S/C19H18.C2H6/c1-15-12-18(16-8-4-2-5-9-16)14-19(13-15)17-10-6-3-7-11-17;1-2/h2,4-6,8-14H,3,7H2,1H3;1-2H3. The van der Waals surface area contributed by atoms with E-state index in [9.17, 15) is 0 Å². The Kier molecular flexibility index (Phi) is 5.57. The highest BCUT2D eigenvalue weighted by atomic mass is 14.1. The Hall–Kier alpha value is -2.08. The van der Waals surface area contributed by atoms with E-state index < -0.39 is 0 Å². The van der Waals surface area contributed by atoms with E-state index in [4.69, 9.17) is 0 Å². The van der Waals surface area contributed by atoms with Gasteiger partial charge in [-0.25, -0.2) is 0 Å². The lowest BCUT2D eigenvalue weighted by Gasteiger charge is -2.11. The number of aryl methyl sites for hydroxylation is 1. The Labute approximate surface area is 128 Å². The van der Waals surface area contributed by atoms with Crippen molar-refractivity contribution in [2.24, 2.45) is 0 Å². The largest absolute Gasteiger partial charge is 0.0836 e. The van der Waals surface area contributed by atoms with Crippen molar-refractivity contribution in [1.82, 2.24) is 0 Å². The second-order valence-corrected chi connectivity index (χ2v) is 5.09. The summed E-state index contributed by atoms with van der Waals surface area (Å²) in [5.74, 6) is 0. The molecule has 2 aromatic carbocycles. The van der Waals surface area contributed by atoms with Crippen molar-refractivity contribution < 1.29 is 0 Å². The molecule has 1 aliphatic rings. The molecule has 0 saturated heterocycles. The summed E-state index contributed by atoms with van der Waals surface area (Å²) in [5, 5.41) is 0. The van der Waals surface area contributed by atoms with Gasteiger partial charge in [0, 0.05) is 0 Å². The maximum Gasteiger partial charge on any atom is -0.0175 e. The van der Waals surface area contributed by atoms with E-state index >= 15 is 0 Å². The van der Waals surface area contributed by atoms with Crippen molar-refractivity contribution in [1.29, 1.82) is 0 Å². The zero-order valence-electron chi connectivity index (χ0n) is 13.3. The van der Waals surface area contributed by atoms with Crippen LogP contribution in [-0.2, 0) is 0 Å². The zero-order valence-corrected chi connectivity index (χ0v) is 13.3. The molecule has 21 heavy (non-hydrogen) atoms. The van der Waals surface area contributed by atoms with Crippen LogP contribution >= 0.6 is 0 Å². The second-order valence-electron chi connectivity index (χ2n) is 5.09. The fourth-order valence-electron chi connectivity index (χ4n) is 2.57. The van der Waals surface area contributed by atoms with Gasteiger partial charge in [0.25, 0.3) is 0 Å². The van der Waals surface area contributed by atoms with Gasteiger partial charge in [0.15, 0.2) is 0 Å². The Morgan fingerprint density at radius 3 is 2.14 bits per heavy atom. The monoisotopic (exact) mass is 276 g/mol. The summed E-state index contributed by atoms with van der Waals surface area (Å²) in [7, 11) is 0. The Morgan fingerprint density at radius 2 is 1.48 bits per heavy atom. The van der Waals surface area contributed by atoms with E-state index in [1.54, 1.807) is 0 Å². The molecular weight excluding hydrogens is 252 g/mol. The van der Waals surface area contributed by atoms with Crippen LogP contribution in [0.5, 0.6) is 0 Å². The van der Waals surface area contributed by atoms with Crippen molar-refractivity contribution in [3.63, 3.8) is 0 Å². The fourth-order valence-corrected chi connectivity index (χ4v) is 2.57. The smallest absolute Gasteiger partial charge is 0.0175 e. The Morgan fingerprint density at radius 1 is 0.762 bits per heavy atom. The fraction of sp³-hybridized carbons (Fsp3) is 0.238. The third-order valence-electron chi connectivity index (χ3n) is 3.51. The first-order valence-electron chi connectivity index (χ1n) is 7.87. The van der Waals surface area contributed by atoms with Crippen LogP contribution in [0.15, 0.2) is 66.8 Å². The van der Waals surface area contributed by atoms with Gasteiger partial charge < -0.3 is 0 Å². The molecule has 0 fully saturated rings. The van der Waals surface area contributed by atoms with Crippen molar-refractivity contribution in [3.8, 4) is 11.1 Å². The van der Waals surface area contributed by atoms with Gasteiger partial charge in [-0.1, -0.05) is 74.5 Å². The maximum atomic E-state index is 2.34. The molecule has 0 heteroatoms. The molecule has 108 valence electrons. The van der Waals surface area contributed by atoms with Gasteiger partial charge in [0.1, 0.15) is 0 Å². The predicted octanol–water partition coefficient (Wildman–Crippen LogP) is 6.42. The Bertz CT molecular complexity index is 630. The molecule has 0 heterocycles. The van der Waals surface area contributed by atoms with Crippen LogP contribution in [0.25, 0.3) is 16.7 Å². The summed E-state index contributed by atoms with van der Waals surface area (Å²) < 4.78 is 0. The minimum Gasteiger partial charge on any atom is -0.0836 e. The highest BCUT2D eigenvalue weighted by Crippen LogP contribution is 2.28. The van der Waals surface area contributed by atoms with Crippen LogP contribution in [-0.4, -0.2) is 0 Å². The highest BCUT2D eigenvalue weighted by molar-refractivity contribution is 5.79. The lowest BCUT2D eigenvalue weighted by molar-refractivity contribution is 1.04. The number of hydrogen-bond donors (Lipinski definition) is 0. The van der Waals surface area contributed by atoms with Crippen LogP contribution in [0.2, 0.25) is 0 Å². The molecule has 0 atom stereocenters. The SMILES string of the molecule is CC.Cc1cc(C2=CCCC=C2)cc(-c2ccccc2)c1. The van der Waals surface area contributed by atoms with Gasteiger partial charge in [-0.2, -0.15) is 0 Å². The average Bonchev–Trinajstić information content (AvgIpc) is 2.58. The average molecular weight is 276 g/mol. The van der Waals surface area contributed by atoms with Gasteiger partial charge in [0.05, 0.1) is 0 Å². The molecule has 0 aliphatic heterocycles. The van der Waals surface area contributed by atoms with E-state index in [0.717, 1.165) is 6.42 Å². The maximum absolute atomic E-state index is 2.34. The molecule has 0 nitrogen and oxygen atoms in total. The van der Waals surface area contributed by atoms with Crippen LogP contribution in [0.1, 0.15) is 37.8 Å². The molecule has 0 saturated carbocycles. The molecule has 0 N–H and O–H groups in total. The van der Waals surface area contributed by atoms with E-state index in [-0.39, 0.29) is 0 Å². The summed E-state index contributed by atoms with van der Waals surface area (Å²) in [4.78, 5) is 0. The molecule has 0 spiro atoms. The zero-order chi connectivity index (χ0) is 15.1. The van der Waals surface area contributed by atoms with Crippen LogP contribution in [0.3, 0.4) is 0 Å². The van der Waals surface area contributed by atoms with Gasteiger partial charge in [-0.3, -0.25) is 0 Å². The number of allylic oxidation sites excluding steroid dienone is 4.